The van der Waals surface area contributed by atoms with Crippen LogP contribution in [0.5, 0.6) is 0 Å². The molecule has 4 heteroatoms. The van der Waals surface area contributed by atoms with Gasteiger partial charge in [0.1, 0.15) is 0 Å². The van der Waals surface area contributed by atoms with Gasteiger partial charge in [0.15, 0.2) is 0 Å². The number of alkyl halides is 1. The summed E-state index contributed by atoms with van der Waals surface area (Å²) in [6.07, 6.45) is 1.42. The molecule has 0 saturated heterocycles. The number of methoxy groups -OCH3 is 1. The molecule has 0 unspecified atom stereocenters. The Hall–Kier alpha value is -0.640. The van der Waals surface area contributed by atoms with Crippen LogP contribution in [0, 0.1) is 0 Å². The van der Waals surface area contributed by atoms with Gasteiger partial charge in [-0.1, -0.05) is 0 Å². The number of ether oxygens (including phenoxy) is 1. The lowest BCUT2D eigenvalue weighted by Crippen LogP contribution is -2.46. The Bertz CT molecular complexity index is 174. The van der Waals surface area contributed by atoms with E-state index < -0.39 is 17.7 Å². The molecule has 2 N–H and O–H groups in total. The summed E-state index contributed by atoms with van der Waals surface area (Å²) in [7, 11) is 1.18. The summed E-state index contributed by atoms with van der Waals surface area (Å²) < 4.78 is 17.8. The topological polar surface area (TPSA) is 52.3 Å². The first-order valence-electron chi connectivity index (χ1n) is 3.64. The van der Waals surface area contributed by atoms with E-state index >= 15 is 0 Å². The lowest BCUT2D eigenvalue weighted by molar-refractivity contribution is -0.155. The van der Waals surface area contributed by atoms with E-state index in [4.69, 9.17) is 5.73 Å². The van der Waals surface area contributed by atoms with Crippen molar-refractivity contribution in [3.63, 3.8) is 0 Å². The quantitative estimate of drug-likeness (QED) is 0.565. The van der Waals surface area contributed by atoms with Crippen LogP contribution in [-0.4, -0.2) is 24.8 Å². The Morgan fingerprint density at radius 1 is 1.82 bits per heavy atom. The summed E-state index contributed by atoms with van der Waals surface area (Å²) in [5, 5.41) is 0. The lowest BCUT2D eigenvalue weighted by Gasteiger charge is -2.20. The summed E-state index contributed by atoms with van der Waals surface area (Å²) in [6.45, 7) is 0. The average Bonchev–Trinajstić information content (AvgIpc) is 2.32. The maximum Gasteiger partial charge on any atom is 0.345 e. The van der Waals surface area contributed by atoms with Gasteiger partial charge >= 0.3 is 5.97 Å². The van der Waals surface area contributed by atoms with Crippen LogP contribution in [0.3, 0.4) is 0 Å². The SMILES string of the molecule is COC(=O)[C@@]1(F)CCC[C@H]1N. The summed E-state index contributed by atoms with van der Waals surface area (Å²) in [5.74, 6) is -0.831. The Balaban J connectivity index is 2.72. The van der Waals surface area contributed by atoms with Crippen molar-refractivity contribution < 1.29 is 13.9 Å². The third-order valence-electron chi connectivity index (χ3n) is 2.17. The van der Waals surface area contributed by atoms with Crippen LogP contribution in [0.4, 0.5) is 4.39 Å². The second-order valence-electron chi connectivity index (χ2n) is 2.85. The Labute approximate surface area is 64.7 Å². The molecule has 1 aliphatic rings. The maximum atomic E-state index is 13.5. The van der Waals surface area contributed by atoms with E-state index in [-0.39, 0.29) is 6.42 Å². The molecule has 0 bridgehead atoms. The molecule has 1 rings (SSSR count). The molecule has 3 nitrogen and oxygen atoms in total. The summed E-state index contributed by atoms with van der Waals surface area (Å²) >= 11 is 0. The van der Waals surface area contributed by atoms with E-state index in [0.29, 0.717) is 12.8 Å². The van der Waals surface area contributed by atoms with E-state index in [1.54, 1.807) is 0 Å². The monoisotopic (exact) mass is 161 g/mol. The normalized spacial score (nSPS) is 37.2. The summed E-state index contributed by atoms with van der Waals surface area (Å²) in [5.41, 5.74) is 3.49. The number of rotatable bonds is 1. The van der Waals surface area contributed by atoms with Gasteiger partial charge in [0.2, 0.25) is 5.67 Å². The third kappa shape index (κ3) is 1.22. The van der Waals surface area contributed by atoms with E-state index in [1.165, 1.54) is 7.11 Å². The first-order chi connectivity index (χ1) is 5.11. The molecule has 0 aromatic heterocycles. The van der Waals surface area contributed by atoms with Gasteiger partial charge < -0.3 is 10.5 Å². The zero-order valence-electron chi connectivity index (χ0n) is 6.47. The van der Waals surface area contributed by atoms with E-state index in [9.17, 15) is 9.18 Å². The van der Waals surface area contributed by atoms with Crippen LogP contribution < -0.4 is 5.73 Å². The highest BCUT2D eigenvalue weighted by Gasteiger charge is 2.49. The van der Waals surface area contributed by atoms with Gasteiger partial charge in [-0.05, 0) is 19.3 Å². The van der Waals surface area contributed by atoms with Gasteiger partial charge in [-0.3, -0.25) is 0 Å². The summed E-state index contributed by atoms with van der Waals surface area (Å²) in [6, 6.07) is -0.685. The fourth-order valence-corrected chi connectivity index (χ4v) is 1.42. The van der Waals surface area contributed by atoms with E-state index in [2.05, 4.69) is 4.74 Å². The molecular weight excluding hydrogens is 149 g/mol. The van der Waals surface area contributed by atoms with E-state index in [1.807, 2.05) is 0 Å². The summed E-state index contributed by atoms with van der Waals surface area (Å²) in [4.78, 5) is 10.9. The Morgan fingerprint density at radius 3 is 2.82 bits per heavy atom. The molecule has 0 heterocycles. The zero-order valence-corrected chi connectivity index (χ0v) is 6.47. The predicted octanol–water partition coefficient (Wildman–Crippen LogP) is 0.379. The Kier molecular flexibility index (Phi) is 2.13. The van der Waals surface area contributed by atoms with E-state index in [0.717, 1.165) is 0 Å². The van der Waals surface area contributed by atoms with Crippen LogP contribution in [0.15, 0.2) is 0 Å². The largest absolute Gasteiger partial charge is 0.467 e. The van der Waals surface area contributed by atoms with Gasteiger partial charge in [0.05, 0.1) is 7.11 Å². The number of carbonyl (C=O) groups is 1. The van der Waals surface area contributed by atoms with Crippen molar-refractivity contribution in [3.05, 3.63) is 0 Å². The molecule has 0 spiro atoms. The van der Waals surface area contributed by atoms with Crippen molar-refractivity contribution >= 4 is 5.97 Å². The molecule has 1 aliphatic carbocycles. The van der Waals surface area contributed by atoms with Crippen molar-refractivity contribution in [2.45, 2.75) is 31.0 Å². The molecule has 11 heavy (non-hydrogen) atoms. The standard InChI is InChI=1S/C7H12FNO2/c1-11-6(10)7(8)4-2-3-5(7)9/h5H,2-4,9H2,1H3/t5-,7-/m1/s1. The van der Waals surface area contributed by atoms with Crippen molar-refractivity contribution in [2.24, 2.45) is 5.73 Å². The second kappa shape index (κ2) is 2.77. The van der Waals surface area contributed by atoms with Crippen LogP contribution in [-0.2, 0) is 9.53 Å². The van der Waals surface area contributed by atoms with Gasteiger partial charge in [-0.25, -0.2) is 9.18 Å². The highest BCUT2D eigenvalue weighted by atomic mass is 19.1. The van der Waals surface area contributed by atoms with Gasteiger partial charge in [0.25, 0.3) is 0 Å². The number of esters is 1. The van der Waals surface area contributed by atoms with Crippen molar-refractivity contribution in [1.29, 1.82) is 0 Å². The number of nitrogens with two attached hydrogens (primary N) is 1. The molecule has 2 atom stereocenters. The highest BCUT2D eigenvalue weighted by Crippen LogP contribution is 2.33. The smallest absolute Gasteiger partial charge is 0.345 e. The molecule has 0 radical (unpaired) electrons. The molecule has 0 aliphatic heterocycles. The molecule has 1 saturated carbocycles. The fourth-order valence-electron chi connectivity index (χ4n) is 1.42. The van der Waals surface area contributed by atoms with Gasteiger partial charge in [-0.2, -0.15) is 0 Å². The van der Waals surface area contributed by atoms with Crippen LogP contribution >= 0.6 is 0 Å². The fraction of sp³-hybridized carbons (Fsp3) is 0.857. The average molecular weight is 161 g/mol. The molecule has 0 amide bonds. The molecular formula is C7H12FNO2. The molecule has 1 fully saturated rings. The van der Waals surface area contributed by atoms with Crippen molar-refractivity contribution in [1.82, 2.24) is 0 Å². The highest BCUT2D eigenvalue weighted by molar-refractivity contribution is 5.80. The first-order valence-corrected chi connectivity index (χ1v) is 3.64. The van der Waals surface area contributed by atoms with Gasteiger partial charge in [0, 0.05) is 6.04 Å². The third-order valence-corrected chi connectivity index (χ3v) is 2.17. The number of carbonyl (C=O) groups excluding carboxylic acids is 1. The van der Waals surface area contributed by atoms with Crippen molar-refractivity contribution in [2.75, 3.05) is 7.11 Å². The van der Waals surface area contributed by atoms with Crippen LogP contribution in [0.25, 0.3) is 0 Å². The minimum absolute atomic E-state index is 0.195. The molecule has 64 valence electrons. The molecule has 0 aromatic carbocycles. The maximum absolute atomic E-state index is 13.5. The van der Waals surface area contributed by atoms with Crippen LogP contribution in [0.1, 0.15) is 19.3 Å². The van der Waals surface area contributed by atoms with Gasteiger partial charge in [-0.15, -0.1) is 0 Å². The van der Waals surface area contributed by atoms with Crippen LogP contribution in [0.2, 0.25) is 0 Å². The minimum Gasteiger partial charge on any atom is -0.467 e. The van der Waals surface area contributed by atoms with Crippen molar-refractivity contribution in [3.8, 4) is 0 Å². The first kappa shape index (κ1) is 8.46. The second-order valence-corrected chi connectivity index (χ2v) is 2.85. The number of halogens is 1. The predicted molar refractivity (Wildman–Crippen MR) is 37.7 cm³/mol. The minimum atomic E-state index is -1.92. The molecule has 0 aromatic rings. The Morgan fingerprint density at radius 2 is 2.45 bits per heavy atom. The zero-order chi connectivity index (χ0) is 8.48. The lowest BCUT2D eigenvalue weighted by atomic mass is 10.0. The number of hydrogen-bond acceptors (Lipinski definition) is 3. The number of hydrogen-bond donors (Lipinski definition) is 1.